The van der Waals surface area contributed by atoms with E-state index in [1.165, 1.54) is 5.56 Å². The van der Waals surface area contributed by atoms with Crippen LogP contribution in [0.1, 0.15) is 39.7 Å². The Morgan fingerprint density at radius 1 is 1.21 bits per heavy atom. The Labute approximate surface area is 164 Å². The van der Waals surface area contributed by atoms with Gasteiger partial charge in [0.25, 0.3) is 5.91 Å². The van der Waals surface area contributed by atoms with Gasteiger partial charge in [0.1, 0.15) is 12.4 Å². The summed E-state index contributed by atoms with van der Waals surface area (Å²) in [5.74, 6) is 0.537. The van der Waals surface area contributed by atoms with Gasteiger partial charge in [0.05, 0.1) is 12.4 Å². The number of nitrogens with one attached hydrogen (secondary N) is 1. The minimum Gasteiger partial charge on any atom is -0.489 e. The number of aryl methyl sites for hydroxylation is 2. The van der Waals surface area contributed by atoms with Crippen LogP contribution in [0.15, 0.2) is 59.8 Å². The average Bonchev–Trinajstić information content (AvgIpc) is 3.05. The van der Waals surface area contributed by atoms with Crippen LogP contribution in [0.3, 0.4) is 0 Å². The van der Waals surface area contributed by atoms with Crippen LogP contribution in [0, 0.1) is 6.92 Å². The first kappa shape index (κ1) is 19.4. The third kappa shape index (κ3) is 4.85. The number of carbonyl (C=O) groups is 1. The zero-order valence-electron chi connectivity index (χ0n) is 16.3. The Morgan fingerprint density at radius 2 is 2.00 bits per heavy atom. The minimum absolute atomic E-state index is 0.271. The molecule has 0 spiro atoms. The standard InChI is InChI=1S/C22H24N4O2/c1-4-17-8-10-21(11-9-17)28-15-18-6-5-7-19(12-18)22(27)25-23-13-20-14-24-26(3)16(20)2/h5-14H,4,15H2,1-3H3,(H,25,27). The molecule has 1 heterocycles. The molecule has 3 rings (SSSR count). The highest BCUT2D eigenvalue weighted by Gasteiger charge is 2.06. The molecule has 0 atom stereocenters. The molecule has 0 bridgehead atoms. The van der Waals surface area contributed by atoms with Crippen molar-refractivity contribution in [3.63, 3.8) is 0 Å². The highest BCUT2D eigenvalue weighted by atomic mass is 16.5. The molecule has 0 saturated carbocycles. The van der Waals surface area contributed by atoms with Gasteiger partial charge in [-0.2, -0.15) is 10.2 Å². The van der Waals surface area contributed by atoms with E-state index in [9.17, 15) is 4.79 Å². The zero-order valence-corrected chi connectivity index (χ0v) is 16.3. The molecule has 28 heavy (non-hydrogen) atoms. The maximum atomic E-state index is 12.3. The van der Waals surface area contributed by atoms with Gasteiger partial charge in [0.15, 0.2) is 0 Å². The normalized spacial score (nSPS) is 11.0. The molecule has 6 heteroatoms. The van der Waals surface area contributed by atoms with Crippen LogP contribution < -0.4 is 10.2 Å². The van der Waals surface area contributed by atoms with Crippen molar-refractivity contribution >= 4 is 12.1 Å². The van der Waals surface area contributed by atoms with Crippen LogP contribution in [0.25, 0.3) is 0 Å². The van der Waals surface area contributed by atoms with E-state index in [0.717, 1.165) is 29.0 Å². The third-order valence-electron chi connectivity index (χ3n) is 4.57. The highest BCUT2D eigenvalue weighted by molar-refractivity contribution is 5.95. The molecule has 0 aliphatic carbocycles. The SMILES string of the molecule is CCc1ccc(OCc2cccc(C(=O)NN=Cc3cnn(C)c3C)c2)cc1. The Morgan fingerprint density at radius 3 is 2.68 bits per heavy atom. The van der Waals surface area contributed by atoms with Gasteiger partial charge in [0, 0.05) is 23.9 Å². The maximum Gasteiger partial charge on any atom is 0.271 e. The van der Waals surface area contributed by atoms with Gasteiger partial charge < -0.3 is 4.74 Å². The van der Waals surface area contributed by atoms with Gasteiger partial charge in [-0.05, 0) is 48.7 Å². The van der Waals surface area contributed by atoms with E-state index in [-0.39, 0.29) is 5.91 Å². The van der Waals surface area contributed by atoms with Gasteiger partial charge in [-0.15, -0.1) is 0 Å². The number of hydrogen-bond donors (Lipinski definition) is 1. The van der Waals surface area contributed by atoms with E-state index in [1.54, 1.807) is 29.2 Å². The second-order valence-electron chi connectivity index (χ2n) is 6.49. The molecular formula is C22H24N4O2. The quantitative estimate of drug-likeness (QED) is 0.506. The Bertz CT molecular complexity index is 974. The molecule has 3 aromatic rings. The molecule has 2 aromatic carbocycles. The Balaban J connectivity index is 1.58. The lowest BCUT2D eigenvalue weighted by atomic mass is 10.1. The molecule has 6 nitrogen and oxygen atoms in total. The van der Waals surface area contributed by atoms with Crippen LogP contribution in [-0.2, 0) is 20.1 Å². The third-order valence-corrected chi connectivity index (χ3v) is 4.57. The lowest BCUT2D eigenvalue weighted by Gasteiger charge is -2.08. The highest BCUT2D eigenvalue weighted by Crippen LogP contribution is 2.15. The lowest BCUT2D eigenvalue weighted by Crippen LogP contribution is -2.18. The molecule has 0 unspecified atom stereocenters. The van der Waals surface area contributed by atoms with Crippen molar-refractivity contribution in [2.45, 2.75) is 26.9 Å². The lowest BCUT2D eigenvalue weighted by molar-refractivity contribution is 0.0955. The van der Waals surface area contributed by atoms with E-state index < -0.39 is 0 Å². The number of benzene rings is 2. The Hall–Kier alpha value is -3.41. The summed E-state index contributed by atoms with van der Waals surface area (Å²) in [5, 5.41) is 8.16. The smallest absolute Gasteiger partial charge is 0.271 e. The second-order valence-corrected chi connectivity index (χ2v) is 6.49. The molecule has 1 amide bonds. The van der Waals surface area contributed by atoms with Crippen molar-refractivity contribution in [3.05, 3.63) is 82.7 Å². The molecular weight excluding hydrogens is 352 g/mol. The summed E-state index contributed by atoms with van der Waals surface area (Å²) in [5.41, 5.74) is 7.10. The molecule has 0 saturated heterocycles. The summed E-state index contributed by atoms with van der Waals surface area (Å²) in [4.78, 5) is 12.3. The Kier molecular flexibility index (Phi) is 6.22. The first-order chi connectivity index (χ1) is 13.6. The average molecular weight is 376 g/mol. The van der Waals surface area contributed by atoms with Gasteiger partial charge in [-0.25, -0.2) is 5.43 Å². The van der Waals surface area contributed by atoms with Crippen LogP contribution >= 0.6 is 0 Å². The summed E-state index contributed by atoms with van der Waals surface area (Å²) in [7, 11) is 1.86. The number of amides is 1. The molecule has 0 fully saturated rings. The number of hydrogen-bond acceptors (Lipinski definition) is 4. The number of carbonyl (C=O) groups excluding carboxylic acids is 1. The number of aromatic nitrogens is 2. The fraction of sp³-hybridized carbons (Fsp3) is 0.227. The van der Waals surface area contributed by atoms with Crippen molar-refractivity contribution in [2.75, 3.05) is 0 Å². The van der Waals surface area contributed by atoms with E-state index in [1.807, 2.05) is 38.2 Å². The number of rotatable bonds is 7. The largest absolute Gasteiger partial charge is 0.489 e. The van der Waals surface area contributed by atoms with Gasteiger partial charge in [-0.3, -0.25) is 9.48 Å². The van der Waals surface area contributed by atoms with Crippen molar-refractivity contribution in [1.82, 2.24) is 15.2 Å². The van der Waals surface area contributed by atoms with E-state index in [2.05, 4.69) is 34.7 Å². The predicted octanol–water partition coefficient (Wildman–Crippen LogP) is 3.63. The van der Waals surface area contributed by atoms with Crippen molar-refractivity contribution in [2.24, 2.45) is 12.1 Å². The molecule has 1 aromatic heterocycles. The first-order valence-corrected chi connectivity index (χ1v) is 9.19. The monoisotopic (exact) mass is 376 g/mol. The van der Waals surface area contributed by atoms with Crippen LogP contribution in [0.2, 0.25) is 0 Å². The van der Waals surface area contributed by atoms with Gasteiger partial charge in [-0.1, -0.05) is 31.2 Å². The van der Waals surface area contributed by atoms with Crippen molar-refractivity contribution in [1.29, 1.82) is 0 Å². The number of nitrogens with zero attached hydrogens (tertiary/aromatic N) is 3. The summed E-state index contributed by atoms with van der Waals surface area (Å²) in [6.07, 6.45) is 4.30. The zero-order chi connectivity index (χ0) is 19.9. The summed E-state index contributed by atoms with van der Waals surface area (Å²) in [6, 6.07) is 15.4. The van der Waals surface area contributed by atoms with Crippen molar-refractivity contribution in [3.8, 4) is 5.75 Å². The van der Waals surface area contributed by atoms with E-state index in [0.29, 0.717) is 12.2 Å². The summed E-state index contributed by atoms with van der Waals surface area (Å²) in [6.45, 7) is 4.45. The fourth-order valence-electron chi connectivity index (χ4n) is 2.66. The number of hydrazone groups is 1. The topological polar surface area (TPSA) is 68.5 Å². The van der Waals surface area contributed by atoms with Gasteiger partial charge in [0.2, 0.25) is 0 Å². The fourth-order valence-corrected chi connectivity index (χ4v) is 2.66. The first-order valence-electron chi connectivity index (χ1n) is 9.19. The van der Waals surface area contributed by atoms with Gasteiger partial charge >= 0.3 is 0 Å². The molecule has 144 valence electrons. The molecule has 1 N–H and O–H groups in total. The van der Waals surface area contributed by atoms with Crippen LogP contribution in [-0.4, -0.2) is 21.9 Å². The molecule has 0 radical (unpaired) electrons. The minimum atomic E-state index is -0.271. The van der Waals surface area contributed by atoms with E-state index >= 15 is 0 Å². The second kappa shape index (κ2) is 8.99. The maximum absolute atomic E-state index is 12.3. The van der Waals surface area contributed by atoms with Crippen molar-refractivity contribution < 1.29 is 9.53 Å². The molecule has 0 aliphatic rings. The van der Waals surface area contributed by atoms with E-state index in [4.69, 9.17) is 4.74 Å². The number of ether oxygens (including phenoxy) is 1. The predicted molar refractivity (Wildman–Crippen MR) is 110 cm³/mol. The molecule has 0 aliphatic heterocycles. The summed E-state index contributed by atoms with van der Waals surface area (Å²) < 4.78 is 7.56. The van der Waals surface area contributed by atoms with Crippen LogP contribution in [0.5, 0.6) is 5.75 Å². The summed E-state index contributed by atoms with van der Waals surface area (Å²) >= 11 is 0. The van der Waals surface area contributed by atoms with Crippen LogP contribution in [0.4, 0.5) is 0 Å².